The Hall–Kier alpha value is -4.57. The summed E-state index contributed by atoms with van der Waals surface area (Å²) in [4.78, 5) is 32.1. The number of hydrogen-bond donors (Lipinski definition) is 0. The molecule has 0 N–H and O–H groups in total. The zero-order valence-corrected chi connectivity index (χ0v) is 23.0. The van der Waals surface area contributed by atoms with Crippen LogP contribution in [0.1, 0.15) is 31.0 Å². The highest BCUT2D eigenvalue weighted by atomic mass is 32.1. The molecule has 40 heavy (non-hydrogen) atoms. The molecular weight excluding hydrogens is 532 g/mol. The topological polar surface area (TPSA) is 97.6 Å². The number of esters is 1. The summed E-state index contributed by atoms with van der Waals surface area (Å²) in [7, 11) is 0. The average Bonchev–Trinajstić information content (AvgIpc) is 3.54. The lowest BCUT2D eigenvalue weighted by Gasteiger charge is -2.24. The van der Waals surface area contributed by atoms with Crippen LogP contribution in [0.15, 0.2) is 82.8 Å². The molecule has 9 nitrogen and oxygen atoms in total. The van der Waals surface area contributed by atoms with Crippen molar-refractivity contribution in [3.05, 3.63) is 104 Å². The lowest BCUT2D eigenvalue weighted by atomic mass is 9.95. The summed E-state index contributed by atoms with van der Waals surface area (Å²) < 4.78 is 29.9. The SMILES string of the molecule is C=CCOc1ccc(/C=c2\sc3n(c2=O)C(c2ccc4c(c2)OCO4)C(C(=O)OCC)=C(C)N=3)cc1OCC=C. The van der Waals surface area contributed by atoms with E-state index in [1.165, 1.54) is 15.9 Å². The molecule has 10 heteroatoms. The number of carbonyl (C=O) groups is 1. The fourth-order valence-corrected chi connectivity index (χ4v) is 5.53. The molecule has 5 rings (SSSR count). The standard InChI is InChI=1S/C30H28N2O7S/c1-5-12-36-21-10-8-19(14-23(21)37-13-6-2)15-25-28(33)32-27(20-9-11-22-24(16-20)39-17-38-22)26(29(34)35-7-3)18(4)31-30(32)40-25/h5-6,8-11,14-16,27H,1-2,7,12-13,17H2,3-4H3/b25-15-. The zero-order chi connectivity index (χ0) is 28.2. The predicted octanol–water partition coefficient (Wildman–Crippen LogP) is 3.66. The summed E-state index contributed by atoms with van der Waals surface area (Å²) >= 11 is 1.24. The van der Waals surface area contributed by atoms with Gasteiger partial charge in [-0.05, 0) is 55.3 Å². The second-order valence-electron chi connectivity index (χ2n) is 8.82. The Morgan fingerprint density at radius 3 is 2.60 bits per heavy atom. The van der Waals surface area contributed by atoms with Gasteiger partial charge < -0.3 is 23.7 Å². The van der Waals surface area contributed by atoms with Gasteiger partial charge in [0.2, 0.25) is 6.79 Å². The van der Waals surface area contributed by atoms with Crippen molar-refractivity contribution in [1.82, 2.24) is 4.57 Å². The van der Waals surface area contributed by atoms with Crippen LogP contribution in [0.4, 0.5) is 0 Å². The van der Waals surface area contributed by atoms with E-state index in [2.05, 4.69) is 18.2 Å². The van der Waals surface area contributed by atoms with E-state index < -0.39 is 12.0 Å². The van der Waals surface area contributed by atoms with E-state index in [-0.39, 0.29) is 19.0 Å². The first-order chi connectivity index (χ1) is 19.4. The summed E-state index contributed by atoms with van der Waals surface area (Å²) in [6.07, 6.45) is 5.05. The minimum atomic E-state index is -0.756. The fourth-order valence-electron chi connectivity index (χ4n) is 4.49. The molecular formula is C30H28N2O7S. The van der Waals surface area contributed by atoms with E-state index in [1.807, 2.05) is 12.1 Å². The molecule has 0 fully saturated rings. The van der Waals surface area contributed by atoms with Crippen LogP contribution in [0, 0.1) is 0 Å². The van der Waals surface area contributed by atoms with E-state index in [9.17, 15) is 9.59 Å². The molecule has 0 amide bonds. The number of allylic oxidation sites excluding steroid dienone is 1. The zero-order valence-electron chi connectivity index (χ0n) is 22.2. The Kier molecular flexibility index (Phi) is 7.88. The van der Waals surface area contributed by atoms with Crippen LogP contribution < -0.4 is 33.8 Å². The summed E-state index contributed by atoms with van der Waals surface area (Å²) in [6, 6.07) is 10.0. The maximum atomic E-state index is 13.9. The van der Waals surface area contributed by atoms with E-state index in [4.69, 9.17) is 23.7 Å². The molecule has 1 unspecified atom stereocenters. The number of rotatable bonds is 10. The number of hydrogen-bond acceptors (Lipinski definition) is 9. The second kappa shape index (κ2) is 11.7. The number of carbonyl (C=O) groups excluding carboxylic acids is 1. The summed E-state index contributed by atoms with van der Waals surface area (Å²) in [5, 5.41) is 0. The lowest BCUT2D eigenvalue weighted by Crippen LogP contribution is -2.39. The van der Waals surface area contributed by atoms with Crippen molar-refractivity contribution >= 4 is 23.4 Å². The monoisotopic (exact) mass is 560 g/mol. The van der Waals surface area contributed by atoms with Gasteiger partial charge in [-0.2, -0.15) is 0 Å². The molecule has 0 spiro atoms. The van der Waals surface area contributed by atoms with Gasteiger partial charge in [-0.3, -0.25) is 9.36 Å². The third-order valence-electron chi connectivity index (χ3n) is 6.21. The maximum absolute atomic E-state index is 13.9. The van der Waals surface area contributed by atoms with Gasteiger partial charge in [0, 0.05) is 0 Å². The normalized spacial score (nSPS) is 15.8. The summed E-state index contributed by atoms with van der Waals surface area (Å²) in [6.45, 7) is 11.8. The highest BCUT2D eigenvalue weighted by molar-refractivity contribution is 7.07. The first kappa shape index (κ1) is 27.0. The third kappa shape index (κ3) is 5.17. The van der Waals surface area contributed by atoms with Gasteiger partial charge in [-0.1, -0.05) is 48.8 Å². The Morgan fingerprint density at radius 1 is 1.10 bits per heavy atom. The first-order valence-corrected chi connectivity index (χ1v) is 13.5. The quantitative estimate of drug-likeness (QED) is 0.276. The van der Waals surface area contributed by atoms with Crippen molar-refractivity contribution in [2.45, 2.75) is 19.9 Å². The minimum absolute atomic E-state index is 0.108. The Morgan fingerprint density at radius 2 is 1.85 bits per heavy atom. The van der Waals surface area contributed by atoms with Crippen LogP contribution in [0.25, 0.3) is 6.08 Å². The number of nitrogens with zero attached hydrogens (tertiary/aromatic N) is 2. The number of aromatic nitrogens is 1. The van der Waals surface area contributed by atoms with Crippen LogP contribution in [0.5, 0.6) is 23.0 Å². The molecule has 0 saturated carbocycles. The molecule has 0 radical (unpaired) electrons. The molecule has 1 atom stereocenters. The number of fused-ring (bicyclic) bond motifs is 2. The van der Waals surface area contributed by atoms with Crippen molar-refractivity contribution in [3.63, 3.8) is 0 Å². The molecule has 3 aromatic rings. The van der Waals surface area contributed by atoms with E-state index >= 15 is 0 Å². The third-order valence-corrected chi connectivity index (χ3v) is 7.19. The van der Waals surface area contributed by atoms with Crippen molar-refractivity contribution in [2.24, 2.45) is 4.99 Å². The Bertz CT molecular complexity index is 1700. The Balaban J connectivity index is 1.64. The second-order valence-corrected chi connectivity index (χ2v) is 9.83. The minimum Gasteiger partial charge on any atom is -0.486 e. The van der Waals surface area contributed by atoms with Crippen LogP contribution in [-0.2, 0) is 9.53 Å². The fraction of sp³-hybridized carbons (Fsp3) is 0.233. The van der Waals surface area contributed by atoms with Crippen molar-refractivity contribution in [2.75, 3.05) is 26.6 Å². The molecule has 0 bridgehead atoms. The Labute approximate surface area is 234 Å². The smallest absolute Gasteiger partial charge is 0.338 e. The highest BCUT2D eigenvalue weighted by Gasteiger charge is 2.34. The van der Waals surface area contributed by atoms with Gasteiger partial charge in [-0.25, -0.2) is 9.79 Å². The maximum Gasteiger partial charge on any atom is 0.338 e. The molecule has 2 aliphatic rings. The van der Waals surface area contributed by atoms with Crippen LogP contribution >= 0.6 is 11.3 Å². The highest BCUT2D eigenvalue weighted by Crippen LogP contribution is 2.38. The molecule has 206 valence electrons. The predicted molar refractivity (Wildman–Crippen MR) is 151 cm³/mol. The molecule has 0 saturated heterocycles. The molecule has 2 aliphatic heterocycles. The van der Waals surface area contributed by atoms with E-state index in [0.29, 0.717) is 62.4 Å². The first-order valence-electron chi connectivity index (χ1n) is 12.7. The molecule has 3 heterocycles. The largest absolute Gasteiger partial charge is 0.486 e. The van der Waals surface area contributed by atoms with Gasteiger partial charge in [0.15, 0.2) is 27.8 Å². The van der Waals surface area contributed by atoms with E-state index in [1.54, 1.807) is 56.3 Å². The van der Waals surface area contributed by atoms with Crippen molar-refractivity contribution in [1.29, 1.82) is 0 Å². The summed E-state index contributed by atoms with van der Waals surface area (Å²) in [5.74, 6) is 1.69. The van der Waals surface area contributed by atoms with E-state index in [0.717, 1.165) is 5.56 Å². The van der Waals surface area contributed by atoms with Gasteiger partial charge in [0.05, 0.1) is 28.5 Å². The van der Waals surface area contributed by atoms with Gasteiger partial charge >= 0.3 is 5.97 Å². The average molecular weight is 561 g/mol. The van der Waals surface area contributed by atoms with Gasteiger partial charge in [-0.15, -0.1) is 0 Å². The number of benzene rings is 2. The van der Waals surface area contributed by atoms with Gasteiger partial charge in [0.1, 0.15) is 13.2 Å². The molecule has 0 aliphatic carbocycles. The van der Waals surface area contributed by atoms with Crippen molar-refractivity contribution < 1.29 is 28.5 Å². The number of thiazole rings is 1. The number of ether oxygens (including phenoxy) is 5. The van der Waals surface area contributed by atoms with Crippen LogP contribution in [-0.4, -0.2) is 37.1 Å². The van der Waals surface area contributed by atoms with Crippen LogP contribution in [0.2, 0.25) is 0 Å². The molecule has 1 aromatic heterocycles. The lowest BCUT2D eigenvalue weighted by molar-refractivity contribution is -0.139. The van der Waals surface area contributed by atoms with Crippen molar-refractivity contribution in [3.8, 4) is 23.0 Å². The molecule has 2 aromatic carbocycles. The van der Waals surface area contributed by atoms with Crippen LogP contribution in [0.3, 0.4) is 0 Å². The van der Waals surface area contributed by atoms with Gasteiger partial charge in [0.25, 0.3) is 5.56 Å². The summed E-state index contributed by atoms with van der Waals surface area (Å²) in [5.41, 5.74) is 1.90.